The van der Waals surface area contributed by atoms with Crippen molar-refractivity contribution in [3.8, 4) is 5.75 Å². The van der Waals surface area contributed by atoms with Gasteiger partial charge in [0.1, 0.15) is 5.75 Å². The lowest BCUT2D eigenvalue weighted by Gasteiger charge is -2.29. The molecule has 2 aliphatic rings. The number of fused-ring (bicyclic) bond motifs is 3. The summed E-state index contributed by atoms with van der Waals surface area (Å²) in [5.41, 5.74) is 2.55. The van der Waals surface area contributed by atoms with Crippen molar-refractivity contribution in [2.24, 2.45) is 0 Å². The Bertz CT molecular complexity index is 490. The number of phenols is 1. The molecule has 0 saturated carbocycles. The van der Waals surface area contributed by atoms with Gasteiger partial charge in [-0.25, -0.2) is 0 Å². The molecule has 2 atom stereocenters. The summed E-state index contributed by atoms with van der Waals surface area (Å²) in [7, 11) is 0. The minimum absolute atomic E-state index is 0. The van der Waals surface area contributed by atoms with Crippen molar-refractivity contribution in [3.05, 3.63) is 28.8 Å². The number of phenolic OH excluding ortho intramolecular Hbond substituents is 1. The molecule has 2 aliphatic heterocycles. The van der Waals surface area contributed by atoms with Crippen LogP contribution in [0.1, 0.15) is 34.3 Å². The molecule has 0 spiro atoms. The van der Waals surface area contributed by atoms with Crippen LogP contribution in [0.5, 0.6) is 5.75 Å². The van der Waals surface area contributed by atoms with Crippen LogP contribution in [0.25, 0.3) is 0 Å². The maximum absolute atomic E-state index is 11.9. The van der Waals surface area contributed by atoms with Gasteiger partial charge in [0.15, 0.2) is 0 Å². The molecule has 1 saturated heterocycles. The molecule has 4 nitrogen and oxygen atoms in total. The van der Waals surface area contributed by atoms with Gasteiger partial charge in [0.2, 0.25) is 0 Å². The fraction of sp³-hybridized carbons (Fsp3) is 0.462. The van der Waals surface area contributed by atoms with Crippen LogP contribution in [-0.2, 0) is 6.42 Å². The van der Waals surface area contributed by atoms with E-state index in [1.807, 2.05) is 0 Å². The van der Waals surface area contributed by atoms with E-state index in [4.69, 9.17) is 0 Å². The highest BCUT2D eigenvalue weighted by molar-refractivity contribution is 6.00. The van der Waals surface area contributed by atoms with E-state index in [0.29, 0.717) is 11.5 Å². The maximum atomic E-state index is 11.9. The number of aryl methyl sites for hydroxylation is 1. The summed E-state index contributed by atoms with van der Waals surface area (Å²) in [6, 6.07) is 3.93. The zero-order valence-corrected chi connectivity index (χ0v) is 11.0. The second kappa shape index (κ2) is 4.78. The maximum Gasteiger partial charge on any atom is 0.255 e. The van der Waals surface area contributed by atoms with Crippen molar-refractivity contribution in [3.63, 3.8) is 0 Å². The molecule has 0 radical (unpaired) electrons. The summed E-state index contributed by atoms with van der Waals surface area (Å²) in [6.07, 6.45) is 0.868. The van der Waals surface area contributed by atoms with Crippen LogP contribution in [0.2, 0.25) is 0 Å². The summed E-state index contributed by atoms with van der Waals surface area (Å²) >= 11 is 0. The predicted molar refractivity (Wildman–Crippen MR) is 71.6 cm³/mol. The minimum atomic E-state index is -0.148. The molecule has 2 heterocycles. The summed E-state index contributed by atoms with van der Waals surface area (Å²) in [6.45, 7) is 3.73. The van der Waals surface area contributed by atoms with E-state index in [-0.39, 0.29) is 30.1 Å². The predicted octanol–water partition coefficient (Wildman–Crippen LogP) is 1.18. The zero-order chi connectivity index (χ0) is 12.0. The van der Waals surface area contributed by atoms with Crippen molar-refractivity contribution in [2.45, 2.75) is 25.3 Å². The van der Waals surface area contributed by atoms with Gasteiger partial charge >= 0.3 is 0 Å². The molecule has 0 aliphatic carbocycles. The van der Waals surface area contributed by atoms with E-state index in [2.05, 4.69) is 23.6 Å². The topological polar surface area (TPSA) is 61.4 Å². The third-order valence-electron chi connectivity index (χ3n) is 3.77. The average molecular weight is 269 g/mol. The summed E-state index contributed by atoms with van der Waals surface area (Å²) < 4.78 is 0. The number of nitrogens with one attached hydrogen (secondary N) is 2. The summed E-state index contributed by atoms with van der Waals surface area (Å²) in [5, 5.41) is 16.2. The Balaban J connectivity index is 0.00000120. The number of carbonyl (C=O) groups is 1. The molecule has 3 N–H and O–H groups in total. The second-order valence-corrected chi connectivity index (χ2v) is 4.78. The van der Waals surface area contributed by atoms with Gasteiger partial charge in [0.05, 0.1) is 5.56 Å². The molecule has 1 aromatic carbocycles. The van der Waals surface area contributed by atoms with E-state index >= 15 is 0 Å². The van der Waals surface area contributed by atoms with Gasteiger partial charge in [-0.15, -0.1) is 12.4 Å². The molecule has 98 valence electrons. The van der Waals surface area contributed by atoms with E-state index in [9.17, 15) is 9.90 Å². The van der Waals surface area contributed by atoms with Crippen LogP contribution in [0.3, 0.4) is 0 Å². The Kier molecular flexibility index (Phi) is 3.50. The number of benzene rings is 1. The average Bonchev–Trinajstić information content (AvgIpc) is 2.76. The quantitative estimate of drug-likeness (QED) is 0.717. The van der Waals surface area contributed by atoms with Gasteiger partial charge in [-0.05, 0) is 23.6 Å². The molecule has 18 heavy (non-hydrogen) atoms. The van der Waals surface area contributed by atoms with Crippen LogP contribution >= 0.6 is 12.4 Å². The SMILES string of the molecule is CCc1cc(O)c2c(c1)[C@H]1CNC[C@@H]1NC2=O.Cl. The third-order valence-corrected chi connectivity index (χ3v) is 3.77. The largest absolute Gasteiger partial charge is 0.507 e. The number of amides is 1. The first-order valence-corrected chi connectivity index (χ1v) is 6.08. The standard InChI is InChI=1S/C13H16N2O2.ClH/c1-2-7-3-8-9-5-14-6-10(9)15-13(17)12(8)11(16)4-7;/h3-4,9-10,14,16H,2,5-6H2,1H3,(H,15,17);1H/t9-,10+;/m1./s1. The van der Waals surface area contributed by atoms with Gasteiger partial charge < -0.3 is 15.7 Å². The highest BCUT2D eigenvalue weighted by Crippen LogP contribution is 2.35. The summed E-state index contributed by atoms with van der Waals surface area (Å²) in [5.74, 6) is 0.257. The van der Waals surface area contributed by atoms with Gasteiger partial charge in [0, 0.05) is 25.0 Å². The van der Waals surface area contributed by atoms with Crippen molar-refractivity contribution < 1.29 is 9.90 Å². The van der Waals surface area contributed by atoms with Crippen LogP contribution in [-0.4, -0.2) is 30.1 Å². The first-order valence-electron chi connectivity index (χ1n) is 6.08. The van der Waals surface area contributed by atoms with E-state index in [1.54, 1.807) is 6.07 Å². The van der Waals surface area contributed by atoms with Crippen LogP contribution in [0, 0.1) is 0 Å². The van der Waals surface area contributed by atoms with Gasteiger partial charge in [0.25, 0.3) is 5.91 Å². The fourth-order valence-electron chi connectivity index (χ4n) is 2.85. The van der Waals surface area contributed by atoms with Crippen LogP contribution < -0.4 is 10.6 Å². The Morgan fingerprint density at radius 1 is 1.39 bits per heavy atom. The zero-order valence-electron chi connectivity index (χ0n) is 10.2. The fourth-order valence-corrected chi connectivity index (χ4v) is 2.85. The molecule has 0 bridgehead atoms. The second-order valence-electron chi connectivity index (χ2n) is 4.78. The molecule has 1 aromatic rings. The Morgan fingerprint density at radius 3 is 2.89 bits per heavy atom. The monoisotopic (exact) mass is 268 g/mol. The summed E-state index contributed by atoms with van der Waals surface area (Å²) in [4.78, 5) is 11.9. The van der Waals surface area contributed by atoms with Gasteiger partial charge in [-0.3, -0.25) is 4.79 Å². The van der Waals surface area contributed by atoms with Crippen LogP contribution in [0.15, 0.2) is 12.1 Å². The highest BCUT2D eigenvalue weighted by Gasteiger charge is 2.38. The van der Waals surface area contributed by atoms with E-state index in [0.717, 1.165) is 30.6 Å². The number of rotatable bonds is 1. The molecular formula is C13H17ClN2O2. The van der Waals surface area contributed by atoms with Crippen molar-refractivity contribution in [2.75, 3.05) is 13.1 Å². The Labute approximate surface area is 112 Å². The lowest BCUT2D eigenvalue weighted by molar-refractivity contribution is 0.0921. The van der Waals surface area contributed by atoms with E-state index in [1.165, 1.54) is 0 Å². The smallest absolute Gasteiger partial charge is 0.255 e. The molecule has 0 unspecified atom stereocenters. The van der Waals surface area contributed by atoms with Crippen molar-refractivity contribution in [1.82, 2.24) is 10.6 Å². The van der Waals surface area contributed by atoms with Gasteiger partial charge in [-0.2, -0.15) is 0 Å². The molecule has 1 amide bonds. The molecule has 3 rings (SSSR count). The Hall–Kier alpha value is -1.26. The molecule has 0 aromatic heterocycles. The third kappa shape index (κ3) is 1.85. The number of halogens is 1. The van der Waals surface area contributed by atoms with E-state index < -0.39 is 0 Å². The number of aromatic hydroxyl groups is 1. The first kappa shape index (κ1) is 13.2. The molecular weight excluding hydrogens is 252 g/mol. The van der Waals surface area contributed by atoms with Crippen molar-refractivity contribution in [1.29, 1.82) is 0 Å². The highest BCUT2D eigenvalue weighted by atomic mass is 35.5. The van der Waals surface area contributed by atoms with Crippen LogP contribution in [0.4, 0.5) is 0 Å². The Morgan fingerprint density at radius 2 is 2.17 bits per heavy atom. The van der Waals surface area contributed by atoms with Gasteiger partial charge in [-0.1, -0.05) is 13.0 Å². The lowest BCUT2D eigenvalue weighted by Crippen LogP contribution is -2.44. The minimum Gasteiger partial charge on any atom is -0.507 e. The molecule has 5 heteroatoms. The number of hydrogen-bond donors (Lipinski definition) is 3. The van der Waals surface area contributed by atoms with Crippen molar-refractivity contribution >= 4 is 18.3 Å². The normalized spacial score (nSPS) is 24.8. The lowest BCUT2D eigenvalue weighted by atomic mass is 9.84. The number of hydrogen-bond acceptors (Lipinski definition) is 3. The first-order chi connectivity index (χ1) is 8.20. The number of carbonyl (C=O) groups excluding carboxylic acids is 1. The molecule has 1 fully saturated rings.